The van der Waals surface area contributed by atoms with E-state index in [2.05, 4.69) is 5.73 Å². The van der Waals surface area contributed by atoms with Crippen LogP contribution in [0, 0.1) is 11.3 Å². The number of benzene rings is 3. The number of methoxy groups -OCH3 is 2. The zero-order valence-corrected chi connectivity index (χ0v) is 14.1. The molecule has 4 rings (SSSR count). The van der Waals surface area contributed by atoms with Gasteiger partial charge in [-0.15, -0.1) is 0 Å². The second-order valence-electron chi connectivity index (χ2n) is 6.33. The summed E-state index contributed by atoms with van der Waals surface area (Å²) in [5.74, 6) is -4.09. The predicted octanol–water partition coefficient (Wildman–Crippen LogP) is 3.53. The first-order valence-electron chi connectivity index (χ1n) is 11.7. The van der Waals surface area contributed by atoms with Crippen molar-refractivity contribution < 1.29 is 23.8 Å². The van der Waals surface area contributed by atoms with Gasteiger partial charge in [-0.25, -0.2) is 0 Å². The van der Waals surface area contributed by atoms with Crippen LogP contribution in [0.1, 0.15) is 25.3 Å². The van der Waals surface area contributed by atoms with Crippen molar-refractivity contribution in [2.24, 2.45) is 5.73 Å². The highest BCUT2D eigenvalue weighted by molar-refractivity contribution is 5.90. The quantitative estimate of drug-likeness (QED) is 0.714. The second-order valence-corrected chi connectivity index (χ2v) is 6.33. The van der Waals surface area contributed by atoms with E-state index in [0.29, 0.717) is 21.9 Å². The Hall–Kier alpha value is -2.91. The highest BCUT2D eigenvalue weighted by atomic mass is 16.9. The Morgan fingerprint density at radius 3 is 2.52 bits per heavy atom. The van der Waals surface area contributed by atoms with Gasteiger partial charge in [-0.1, -0.05) is 66.7 Å². The maximum atomic E-state index is 10.4. The summed E-state index contributed by atoms with van der Waals surface area (Å²) in [5.41, 5.74) is 0.507. The SMILES string of the molecule is [2H]NC1(C#N)C(c2ccccc2)c2ccc3ccccc3c2OC1(OC([2H])([2H])[2H])OC([2H])([2H])[2H]. The molecule has 2 unspecified atom stereocenters. The van der Waals surface area contributed by atoms with Crippen molar-refractivity contribution in [2.45, 2.75) is 17.4 Å². The molecule has 136 valence electrons. The van der Waals surface area contributed by atoms with Crippen LogP contribution in [0.15, 0.2) is 66.7 Å². The second kappa shape index (κ2) is 6.36. The van der Waals surface area contributed by atoms with Crippen molar-refractivity contribution in [1.29, 1.82) is 5.26 Å². The molecule has 27 heavy (non-hydrogen) atoms. The molecule has 0 saturated heterocycles. The number of hydrogen-bond donors (Lipinski definition) is 1. The van der Waals surface area contributed by atoms with Crippen molar-refractivity contribution >= 4 is 10.8 Å². The van der Waals surface area contributed by atoms with Gasteiger partial charge in [-0.2, -0.15) is 5.26 Å². The Morgan fingerprint density at radius 2 is 1.81 bits per heavy atom. The summed E-state index contributed by atoms with van der Waals surface area (Å²) in [6, 6.07) is 20.9. The Balaban J connectivity index is 2.14. The maximum Gasteiger partial charge on any atom is 0.360 e. The minimum absolute atomic E-state index is 0.0848. The topological polar surface area (TPSA) is 77.5 Å². The van der Waals surface area contributed by atoms with Crippen molar-refractivity contribution in [2.75, 3.05) is 14.1 Å². The minimum atomic E-state index is -3.26. The molecular weight excluding hydrogens is 340 g/mol. The summed E-state index contributed by atoms with van der Waals surface area (Å²) >= 11 is 0. The molecule has 0 bridgehead atoms. The van der Waals surface area contributed by atoms with Crippen LogP contribution in [-0.4, -0.2) is 25.6 Å². The summed E-state index contributed by atoms with van der Waals surface area (Å²) in [5, 5.41) is 11.6. The van der Waals surface area contributed by atoms with Crippen molar-refractivity contribution in [3.05, 3.63) is 77.9 Å². The Kier molecular flexibility index (Phi) is 2.60. The molecule has 0 aromatic heterocycles. The van der Waals surface area contributed by atoms with Gasteiger partial charge in [-0.05, 0) is 10.9 Å². The van der Waals surface area contributed by atoms with Crippen molar-refractivity contribution in [3.63, 3.8) is 0 Å². The minimum Gasteiger partial charge on any atom is -0.436 e. The normalized spacial score (nSPS) is 28.0. The van der Waals surface area contributed by atoms with Crippen LogP contribution in [-0.2, 0) is 9.47 Å². The van der Waals surface area contributed by atoms with Crippen LogP contribution in [0.25, 0.3) is 10.8 Å². The van der Waals surface area contributed by atoms with Gasteiger partial charge in [0.05, 0.1) is 20.2 Å². The zero-order chi connectivity index (χ0) is 24.8. The number of ether oxygens (including phenoxy) is 3. The van der Waals surface area contributed by atoms with E-state index < -0.39 is 31.5 Å². The number of nitrogens with zero attached hydrogens (tertiary/aromatic N) is 1. The summed E-state index contributed by atoms with van der Waals surface area (Å²) in [7, 11) is -6.51. The zero-order valence-electron chi connectivity index (χ0n) is 21.1. The van der Waals surface area contributed by atoms with Crippen LogP contribution in [0.4, 0.5) is 0 Å². The first kappa shape index (κ1) is 11.1. The van der Waals surface area contributed by atoms with Gasteiger partial charge < -0.3 is 19.9 Å². The van der Waals surface area contributed by atoms with Crippen LogP contribution in [0.5, 0.6) is 5.75 Å². The molecule has 0 fully saturated rings. The Labute approximate surface area is 167 Å². The van der Waals surface area contributed by atoms with Gasteiger partial charge in [0, 0.05) is 25.0 Å². The van der Waals surface area contributed by atoms with E-state index in [-0.39, 0.29) is 5.75 Å². The Bertz CT molecular complexity index is 1230. The summed E-state index contributed by atoms with van der Waals surface area (Å²) in [6.45, 7) is 0. The van der Waals surface area contributed by atoms with E-state index in [1.807, 2.05) is 6.07 Å². The van der Waals surface area contributed by atoms with Crippen LogP contribution in [0.2, 0.25) is 1.41 Å². The van der Waals surface area contributed by atoms with E-state index in [1.165, 1.54) is 0 Å². The molecule has 2 N–H and O–H groups in total. The van der Waals surface area contributed by atoms with E-state index >= 15 is 0 Å². The van der Waals surface area contributed by atoms with E-state index in [0.717, 1.165) is 0 Å². The summed E-state index contributed by atoms with van der Waals surface area (Å²) in [4.78, 5) is 0. The lowest BCUT2D eigenvalue weighted by molar-refractivity contribution is -0.352. The van der Waals surface area contributed by atoms with Gasteiger partial charge in [0.15, 0.2) is 0 Å². The molecule has 3 aromatic carbocycles. The molecular formula is C22H20N2O3. The van der Waals surface area contributed by atoms with Gasteiger partial charge in [0.2, 0.25) is 5.54 Å². The molecule has 0 saturated carbocycles. The summed E-state index contributed by atoms with van der Waals surface area (Å²) in [6.07, 6.45) is 0. The lowest BCUT2D eigenvalue weighted by atomic mass is 9.72. The number of fused-ring (bicyclic) bond motifs is 3. The van der Waals surface area contributed by atoms with Gasteiger partial charge in [-0.3, -0.25) is 0 Å². The van der Waals surface area contributed by atoms with E-state index in [4.69, 9.17) is 23.8 Å². The third kappa shape index (κ3) is 2.35. The Morgan fingerprint density at radius 1 is 1.07 bits per heavy atom. The average molecular weight is 367 g/mol. The molecule has 1 heterocycles. The van der Waals surface area contributed by atoms with Crippen molar-refractivity contribution in [1.82, 2.24) is 0 Å². The highest BCUT2D eigenvalue weighted by Crippen LogP contribution is 2.52. The fourth-order valence-electron chi connectivity index (χ4n) is 3.66. The molecule has 5 heteroatoms. The fourth-order valence-corrected chi connectivity index (χ4v) is 3.66. The van der Waals surface area contributed by atoms with Crippen LogP contribution >= 0.6 is 0 Å². The van der Waals surface area contributed by atoms with Crippen molar-refractivity contribution in [3.8, 4) is 11.8 Å². The van der Waals surface area contributed by atoms with Crippen LogP contribution in [0.3, 0.4) is 0 Å². The number of nitrogens with two attached hydrogens (primary N) is 1. The molecule has 1 aliphatic heterocycles. The molecule has 0 amide bonds. The lowest BCUT2D eigenvalue weighted by Crippen LogP contribution is -2.70. The molecule has 2 atom stereocenters. The smallest absolute Gasteiger partial charge is 0.360 e. The first-order chi connectivity index (χ1) is 16.0. The third-order valence-corrected chi connectivity index (χ3v) is 4.95. The predicted molar refractivity (Wildman–Crippen MR) is 102 cm³/mol. The molecule has 0 aliphatic carbocycles. The fraction of sp³-hybridized carbons (Fsp3) is 0.227. The number of hydrogen-bond acceptors (Lipinski definition) is 5. The molecule has 3 aromatic rings. The first-order valence-corrected chi connectivity index (χ1v) is 8.21. The highest BCUT2D eigenvalue weighted by Gasteiger charge is 2.63. The maximum absolute atomic E-state index is 10.4. The van der Waals surface area contributed by atoms with Gasteiger partial charge in [0.1, 0.15) is 7.16 Å². The lowest BCUT2D eigenvalue weighted by Gasteiger charge is -2.49. The monoisotopic (exact) mass is 367 g/mol. The average Bonchev–Trinajstić information content (AvgIpc) is 2.76. The number of nitriles is 1. The third-order valence-electron chi connectivity index (χ3n) is 4.95. The van der Waals surface area contributed by atoms with E-state index in [9.17, 15) is 5.26 Å². The molecule has 5 nitrogen and oxygen atoms in total. The molecule has 0 radical (unpaired) electrons. The largest absolute Gasteiger partial charge is 0.436 e. The molecule has 0 spiro atoms. The van der Waals surface area contributed by atoms with Gasteiger partial charge in [0.25, 0.3) is 0 Å². The van der Waals surface area contributed by atoms with Gasteiger partial charge >= 0.3 is 5.97 Å². The summed E-state index contributed by atoms with van der Waals surface area (Å²) < 4.78 is 70.7. The van der Waals surface area contributed by atoms with E-state index in [1.54, 1.807) is 66.7 Å². The molecule has 1 aliphatic rings. The van der Waals surface area contributed by atoms with Crippen LogP contribution < -0.4 is 10.5 Å². The standard InChI is InChI=1S/C22H20N2O3/c1-25-22(26-2)21(24,14-23)19(16-9-4-3-5-10-16)18-13-12-15-8-6-7-11-17(15)20(18)27-22/h3-13,19H,24H2,1-2H3/i1D3,2D3/hD. The number of rotatable bonds is 4.